The molecule has 0 aliphatic carbocycles. The zero-order valence-electron chi connectivity index (χ0n) is 11.9. The Balaban J connectivity index is 1.79. The van der Waals surface area contributed by atoms with E-state index in [1.807, 2.05) is 24.4 Å². The van der Waals surface area contributed by atoms with Gasteiger partial charge >= 0.3 is 0 Å². The van der Waals surface area contributed by atoms with Gasteiger partial charge in [-0.05, 0) is 41.6 Å². The monoisotopic (exact) mass is 301 g/mol. The van der Waals surface area contributed by atoms with Crippen molar-refractivity contribution < 1.29 is 0 Å². The molecule has 3 aromatic heterocycles. The first-order valence-electron chi connectivity index (χ1n) is 6.96. The highest BCUT2D eigenvalue weighted by molar-refractivity contribution is 5.94. The summed E-state index contributed by atoms with van der Waals surface area (Å²) in [4.78, 5) is 0. The van der Waals surface area contributed by atoms with Crippen molar-refractivity contribution in [1.29, 1.82) is 5.26 Å². The van der Waals surface area contributed by atoms with Gasteiger partial charge in [-0.15, -0.1) is 10.2 Å². The molecule has 0 atom stereocenters. The molecule has 3 heterocycles. The van der Waals surface area contributed by atoms with Crippen LogP contribution in [0, 0.1) is 11.3 Å². The fourth-order valence-electron chi connectivity index (χ4n) is 2.55. The van der Waals surface area contributed by atoms with Gasteiger partial charge in [0.15, 0.2) is 0 Å². The fraction of sp³-hybridized carbons (Fsp3) is 0. The number of aromatic amines is 1. The molecule has 0 fully saturated rings. The van der Waals surface area contributed by atoms with Gasteiger partial charge in [0.05, 0.1) is 5.52 Å². The number of hydrogen-bond acceptors (Lipinski definition) is 5. The maximum Gasteiger partial charge on any atom is 0.216 e. The normalized spacial score (nSPS) is 11.7. The van der Waals surface area contributed by atoms with Crippen LogP contribution in [-0.2, 0) is 0 Å². The van der Waals surface area contributed by atoms with Crippen LogP contribution in [0.4, 0.5) is 5.69 Å². The number of allylic oxidation sites excluding steroid dienone is 1. The number of H-pyrrole nitrogens is 1. The highest BCUT2D eigenvalue weighted by atomic mass is 15.5. The maximum absolute atomic E-state index is 9.22. The molecule has 0 aliphatic heterocycles. The van der Waals surface area contributed by atoms with E-state index >= 15 is 0 Å². The molecule has 7 heteroatoms. The summed E-state index contributed by atoms with van der Waals surface area (Å²) >= 11 is 0. The summed E-state index contributed by atoms with van der Waals surface area (Å²) in [5.74, 6) is 0.257. The van der Waals surface area contributed by atoms with Crippen LogP contribution >= 0.6 is 0 Å². The van der Waals surface area contributed by atoms with Crippen molar-refractivity contribution in [3.63, 3.8) is 0 Å². The Morgan fingerprint density at radius 3 is 3.00 bits per heavy atom. The van der Waals surface area contributed by atoms with Gasteiger partial charge in [-0.25, -0.2) is 0 Å². The highest BCUT2D eigenvalue weighted by Gasteiger charge is 2.07. The van der Waals surface area contributed by atoms with Crippen LogP contribution in [0.2, 0.25) is 0 Å². The topological polar surface area (TPSA) is 94.7 Å². The molecule has 0 spiro atoms. The molecule has 110 valence electrons. The van der Waals surface area contributed by atoms with E-state index in [4.69, 9.17) is 0 Å². The number of benzene rings is 1. The van der Waals surface area contributed by atoms with Crippen LogP contribution in [0.1, 0.15) is 5.82 Å². The number of fused-ring (bicyclic) bond motifs is 3. The number of aromatic nitrogens is 5. The SMILES string of the molecule is N#CC(=CNc1cccc2c1ccc1cccn12)c1nn[nH]n1. The first kappa shape index (κ1) is 13.0. The predicted molar refractivity (Wildman–Crippen MR) is 86.3 cm³/mol. The van der Waals surface area contributed by atoms with Crippen LogP contribution in [0.15, 0.2) is 54.9 Å². The van der Waals surface area contributed by atoms with E-state index < -0.39 is 0 Å². The van der Waals surface area contributed by atoms with Gasteiger partial charge in [0, 0.05) is 29.0 Å². The molecule has 0 unspecified atom stereocenters. The maximum atomic E-state index is 9.22. The number of tetrazole rings is 1. The van der Waals surface area contributed by atoms with Crippen LogP contribution < -0.4 is 5.32 Å². The van der Waals surface area contributed by atoms with Crippen LogP contribution in [0.3, 0.4) is 0 Å². The number of nitrogens with one attached hydrogen (secondary N) is 2. The molecular weight excluding hydrogens is 290 g/mol. The molecule has 0 bridgehead atoms. The van der Waals surface area contributed by atoms with Gasteiger partial charge in [-0.1, -0.05) is 6.07 Å². The largest absolute Gasteiger partial charge is 0.360 e. The predicted octanol–water partition coefficient (Wildman–Crippen LogP) is 2.58. The Morgan fingerprint density at radius 1 is 1.22 bits per heavy atom. The standard InChI is InChI=1S/C16H11N7/c17-9-11(16-19-21-22-20-16)10-18-14-4-1-5-15-13(14)7-6-12-3-2-8-23(12)15/h1-8,10,18H,(H,19,20,21,22). The Kier molecular flexibility index (Phi) is 2.99. The fourth-order valence-corrected chi connectivity index (χ4v) is 2.55. The molecule has 4 aromatic rings. The number of nitriles is 1. The number of anilines is 1. The number of nitrogens with zero attached hydrogens (tertiary/aromatic N) is 5. The van der Waals surface area contributed by atoms with Crippen LogP contribution in [0.5, 0.6) is 0 Å². The number of hydrogen-bond donors (Lipinski definition) is 2. The third kappa shape index (κ3) is 2.18. The van der Waals surface area contributed by atoms with Gasteiger partial charge in [-0.3, -0.25) is 0 Å². The van der Waals surface area contributed by atoms with Crippen molar-refractivity contribution in [2.45, 2.75) is 0 Å². The third-order valence-corrected chi connectivity index (χ3v) is 3.62. The second kappa shape index (κ2) is 5.27. The lowest BCUT2D eigenvalue weighted by molar-refractivity contribution is 0.881. The van der Waals surface area contributed by atoms with E-state index in [1.165, 1.54) is 0 Å². The molecule has 0 amide bonds. The quantitative estimate of drug-likeness (QED) is 0.567. The number of pyridine rings is 1. The van der Waals surface area contributed by atoms with E-state index in [2.05, 4.69) is 60.7 Å². The summed E-state index contributed by atoms with van der Waals surface area (Å²) in [6.45, 7) is 0. The van der Waals surface area contributed by atoms with E-state index in [0.29, 0.717) is 5.57 Å². The smallest absolute Gasteiger partial charge is 0.216 e. The van der Waals surface area contributed by atoms with Crippen molar-refractivity contribution in [3.8, 4) is 6.07 Å². The van der Waals surface area contributed by atoms with Gasteiger partial charge < -0.3 is 9.72 Å². The lowest BCUT2D eigenvalue weighted by Crippen LogP contribution is -1.95. The summed E-state index contributed by atoms with van der Waals surface area (Å²) in [5.41, 5.74) is 3.42. The lowest BCUT2D eigenvalue weighted by Gasteiger charge is -2.08. The zero-order valence-corrected chi connectivity index (χ0v) is 11.9. The molecule has 1 aromatic carbocycles. The first-order chi connectivity index (χ1) is 11.4. The minimum Gasteiger partial charge on any atom is -0.360 e. The van der Waals surface area contributed by atoms with Gasteiger partial charge in [0.25, 0.3) is 0 Å². The molecular formula is C16H11N7. The highest BCUT2D eigenvalue weighted by Crippen LogP contribution is 2.25. The Labute approximate surface area is 130 Å². The summed E-state index contributed by atoms with van der Waals surface area (Å²) in [7, 11) is 0. The van der Waals surface area contributed by atoms with E-state index in [-0.39, 0.29) is 5.82 Å². The summed E-state index contributed by atoms with van der Waals surface area (Å²) in [6, 6.07) is 16.2. The molecule has 0 saturated heterocycles. The lowest BCUT2D eigenvalue weighted by atomic mass is 10.1. The summed E-state index contributed by atoms with van der Waals surface area (Å²) < 4.78 is 2.12. The molecule has 0 aliphatic rings. The van der Waals surface area contributed by atoms with Crippen LogP contribution in [-0.4, -0.2) is 25.0 Å². The molecule has 0 saturated carbocycles. The molecule has 0 radical (unpaired) electrons. The van der Waals surface area contributed by atoms with Gasteiger partial charge in [0.2, 0.25) is 5.82 Å². The molecule has 23 heavy (non-hydrogen) atoms. The van der Waals surface area contributed by atoms with E-state index in [1.54, 1.807) is 6.20 Å². The van der Waals surface area contributed by atoms with E-state index in [9.17, 15) is 5.26 Å². The van der Waals surface area contributed by atoms with Crippen LogP contribution in [0.25, 0.3) is 22.0 Å². The first-order valence-corrected chi connectivity index (χ1v) is 6.96. The minimum atomic E-state index is 0.257. The van der Waals surface area contributed by atoms with Crippen molar-refractivity contribution in [1.82, 2.24) is 25.0 Å². The second-order valence-electron chi connectivity index (χ2n) is 4.92. The third-order valence-electron chi connectivity index (χ3n) is 3.62. The minimum absolute atomic E-state index is 0.257. The number of rotatable bonds is 3. The van der Waals surface area contributed by atoms with Gasteiger partial charge in [-0.2, -0.15) is 10.5 Å². The summed E-state index contributed by atoms with van der Waals surface area (Å²) in [6.07, 6.45) is 3.61. The zero-order chi connectivity index (χ0) is 15.6. The summed E-state index contributed by atoms with van der Waals surface area (Å²) in [5, 5.41) is 26.9. The van der Waals surface area contributed by atoms with Crippen molar-refractivity contribution in [3.05, 3.63) is 60.7 Å². The average molecular weight is 301 g/mol. The molecule has 2 N–H and O–H groups in total. The van der Waals surface area contributed by atoms with Crippen molar-refractivity contribution in [2.24, 2.45) is 0 Å². The Morgan fingerprint density at radius 2 is 2.17 bits per heavy atom. The van der Waals surface area contributed by atoms with E-state index in [0.717, 1.165) is 22.1 Å². The van der Waals surface area contributed by atoms with Crippen molar-refractivity contribution in [2.75, 3.05) is 5.32 Å². The Bertz CT molecular complexity index is 1050. The molecule has 4 rings (SSSR count). The molecule has 7 nitrogen and oxygen atoms in total. The average Bonchev–Trinajstić information content (AvgIpc) is 3.27. The second-order valence-corrected chi connectivity index (χ2v) is 4.92. The van der Waals surface area contributed by atoms with Crippen molar-refractivity contribution >= 4 is 27.7 Å². The van der Waals surface area contributed by atoms with Gasteiger partial charge in [0.1, 0.15) is 11.6 Å². The Hall–Kier alpha value is -3.66.